The zero-order valence-electron chi connectivity index (χ0n) is 15.8. The monoisotopic (exact) mass is 388 g/mol. The number of hydrogen-bond donors (Lipinski definition) is 0. The van der Waals surface area contributed by atoms with E-state index in [-0.39, 0.29) is 5.91 Å². The minimum absolute atomic E-state index is 0.0408. The van der Waals surface area contributed by atoms with Crippen molar-refractivity contribution < 1.29 is 4.79 Å². The van der Waals surface area contributed by atoms with Crippen LogP contribution in [0.1, 0.15) is 32.3 Å². The van der Waals surface area contributed by atoms with Crippen LogP contribution in [0.2, 0.25) is 0 Å². The van der Waals surface area contributed by atoms with Crippen LogP contribution in [0.15, 0.2) is 60.1 Å². The fraction of sp³-hybridized carbons (Fsp3) is 0.182. The van der Waals surface area contributed by atoms with Crippen LogP contribution in [0.3, 0.4) is 0 Å². The fourth-order valence-corrected chi connectivity index (χ4v) is 3.67. The summed E-state index contributed by atoms with van der Waals surface area (Å²) >= 11 is 1.55. The molecule has 6 heteroatoms. The quantitative estimate of drug-likeness (QED) is 0.503. The van der Waals surface area contributed by atoms with Crippen LogP contribution < -0.4 is 0 Å². The Bertz CT molecular complexity index is 1110. The normalized spacial score (nSPS) is 10.9. The summed E-state index contributed by atoms with van der Waals surface area (Å²) in [5.74, 6) is -0.0408. The first-order valence-corrected chi connectivity index (χ1v) is 9.95. The van der Waals surface area contributed by atoms with Crippen molar-refractivity contribution in [2.24, 2.45) is 0 Å². The van der Waals surface area contributed by atoms with E-state index in [0.29, 0.717) is 18.7 Å². The fourth-order valence-electron chi connectivity index (χ4n) is 3.04. The van der Waals surface area contributed by atoms with Crippen molar-refractivity contribution >= 4 is 28.3 Å². The zero-order chi connectivity index (χ0) is 19.5. The second-order valence-electron chi connectivity index (χ2n) is 6.67. The molecule has 140 valence electrons. The molecule has 0 atom stereocenters. The van der Waals surface area contributed by atoms with Crippen LogP contribution in [0.25, 0.3) is 11.0 Å². The van der Waals surface area contributed by atoms with Gasteiger partial charge in [0.15, 0.2) is 0 Å². The number of carbonyl (C=O) groups is 1. The predicted molar refractivity (Wildman–Crippen MR) is 111 cm³/mol. The van der Waals surface area contributed by atoms with Gasteiger partial charge >= 0.3 is 0 Å². The van der Waals surface area contributed by atoms with Crippen molar-refractivity contribution in [2.75, 3.05) is 0 Å². The van der Waals surface area contributed by atoms with Gasteiger partial charge in [-0.2, -0.15) is 0 Å². The smallest absolute Gasteiger partial charge is 0.254 e. The Morgan fingerprint density at radius 1 is 0.964 bits per heavy atom. The maximum atomic E-state index is 13.3. The Balaban J connectivity index is 1.67. The van der Waals surface area contributed by atoms with Crippen molar-refractivity contribution in [3.8, 4) is 0 Å². The van der Waals surface area contributed by atoms with Gasteiger partial charge in [0.25, 0.3) is 5.91 Å². The van der Waals surface area contributed by atoms with E-state index in [9.17, 15) is 4.79 Å². The number of carbonyl (C=O) groups excluding carboxylic acids is 1. The summed E-state index contributed by atoms with van der Waals surface area (Å²) in [4.78, 5) is 28.6. The minimum Gasteiger partial charge on any atom is -0.328 e. The molecule has 4 rings (SSSR count). The summed E-state index contributed by atoms with van der Waals surface area (Å²) < 4.78 is 0. The van der Waals surface area contributed by atoms with Crippen molar-refractivity contribution in [3.63, 3.8) is 0 Å². The second-order valence-corrected chi connectivity index (χ2v) is 7.65. The Morgan fingerprint density at radius 2 is 1.71 bits per heavy atom. The number of nitrogens with zero attached hydrogens (tertiary/aromatic N) is 4. The molecule has 2 aromatic carbocycles. The molecular weight excluding hydrogens is 368 g/mol. The van der Waals surface area contributed by atoms with Gasteiger partial charge in [0, 0.05) is 23.7 Å². The molecule has 0 unspecified atom stereocenters. The highest BCUT2D eigenvalue weighted by molar-refractivity contribution is 7.09. The van der Waals surface area contributed by atoms with Gasteiger partial charge in [-0.05, 0) is 37.6 Å². The van der Waals surface area contributed by atoms with E-state index < -0.39 is 0 Å². The van der Waals surface area contributed by atoms with E-state index in [1.807, 2.05) is 72.7 Å². The van der Waals surface area contributed by atoms with Gasteiger partial charge in [-0.1, -0.05) is 30.3 Å². The van der Waals surface area contributed by atoms with E-state index >= 15 is 0 Å². The molecule has 0 aliphatic rings. The summed E-state index contributed by atoms with van der Waals surface area (Å²) in [5.41, 5.74) is 5.01. The van der Waals surface area contributed by atoms with Crippen LogP contribution in [0.4, 0.5) is 0 Å². The average molecular weight is 388 g/mol. The Kier molecular flexibility index (Phi) is 5.12. The van der Waals surface area contributed by atoms with E-state index in [4.69, 9.17) is 0 Å². The standard InChI is InChI=1S/C22H20N4OS/c1-15-16(2)25-20-12-18(8-9-19(20)24-15)22(27)26(14-21-23-10-11-28-21)13-17-6-4-3-5-7-17/h3-12H,13-14H2,1-2H3. The summed E-state index contributed by atoms with van der Waals surface area (Å²) in [7, 11) is 0. The molecular formula is C22H20N4OS. The molecule has 0 saturated heterocycles. The third-order valence-corrected chi connectivity index (χ3v) is 5.40. The maximum Gasteiger partial charge on any atom is 0.254 e. The lowest BCUT2D eigenvalue weighted by molar-refractivity contribution is 0.0730. The van der Waals surface area contributed by atoms with Gasteiger partial charge in [0.05, 0.1) is 29.0 Å². The van der Waals surface area contributed by atoms with Gasteiger partial charge in [-0.3, -0.25) is 4.79 Å². The van der Waals surface area contributed by atoms with E-state index in [1.165, 1.54) is 0 Å². The number of thiazole rings is 1. The van der Waals surface area contributed by atoms with Gasteiger partial charge in [-0.15, -0.1) is 11.3 Å². The van der Waals surface area contributed by atoms with E-state index in [1.54, 1.807) is 17.5 Å². The molecule has 0 N–H and O–H groups in total. The van der Waals surface area contributed by atoms with Crippen molar-refractivity contribution in [2.45, 2.75) is 26.9 Å². The number of hydrogen-bond acceptors (Lipinski definition) is 5. The second kappa shape index (κ2) is 7.86. The van der Waals surface area contributed by atoms with Crippen LogP contribution in [0.5, 0.6) is 0 Å². The number of amides is 1. The molecule has 1 amide bonds. The summed E-state index contributed by atoms with van der Waals surface area (Å²) in [6.07, 6.45) is 1.77. The molecule has 4 aromatic rings. The first kappa shape index (κ1) is 18.3. The predicted octanol–water partition coefficient (Wildman–Crippen LogP) is 4.55. The molecule has 2 heterocycles. The van der Waals surface area contributed by atoms with Crippen LogP contribution in [-0.2, 0) is 13.1 Å². The summed E-state index contributed by atoms with van der Waals surface area (Å²) in [5, 5.41) is 2.84. The number of benzene rings is 2. The Hall–Kier alpha value is -3.12. The lowest BCUT2D eigenvalue weighted by Crippen LogP contribution is -2.30. The zero-order valence-corrected chi connectivity index (χ0v) is 16.6. The molecule has 28 heavy (non-hydrogen) atoms. The largest absolute Gasteiger partial charge is 0.328 e. The molecule has 0 fully saturated rings. The Labute approximate surface area is 167 Å². The van der Waals surface area contributed by atoms with Gasteiger partial charge in [-0.25, -0.2) is 15.0 Å². The number of aryl methyl sites for hydroxylation is 2. The highest BCUT2D eigenvalue weighted by atomic mass is 32.1. The maximum absolute atomic E-state index is 13.3. The SMILES string of the molecule is Cc1nc2ccc(C(=O)N(Cc3ccccc3)Cc3nccs3)cc2nc1C. The third-order valence-electron chi connectivity index (χ3n) is 4.64. The van der Waals surface area contributed by atoms with Crippen LogP contribution in [-0.4, -0.2) is 25.8 Å². The highest BCUT2D eigenvalue weighted by Gasteiger charge is 2.19. The topological polar surface area (TPSA) is 59.0 Å². The Morgan fingerprint density at radius 3 is 2.43 bits per heavy atom. The summed E-state index contributed by atoms with van der Waals surface area (Å²) in [6.45, 7) is 4.87. The van der Waals surface area contributed by atoms with Crippen molar-refractivity contribution in [3.05, 3.63) is 87.6 Å². The third kappa shape index (κ3) is 3.92. The first-order chi connectivity index (χ1) is 13.6. The molecule has 0 spiro atoms. The van der Waals surface area contributed by atoms with Gasteiger partial charge in [0.1, 0.15) is 5.01 Å². The number of aromatic nitrogens is 3. The molecule has 5 nitrogen and oxygen atoms in total. The average Bonchev–Trinajstić information content (AvgIpc) is 3.21. The van der Waals surface area contributed by atoms with Crippen molar-refractivity contribution in [1.29, 1.82) is 0 Å². The van der Waals surface area contributed by atoms with Gasteiger partial charge < -0.3 is 4.90 Å². The summed E-state index contributed by atoms with van der Waals surface area (Å²) in [6, 6.07) is 15.5. The minimum atomic E-state index is -0.0408. The lowest BCUT2D eigenvalue weighted by Gasteiger charge is -2.22. The first-order valence-electron chi connectivity index (χ1n) is 9.07. The molecule has 0 radical (unpaired) electrons. The molecule has 0 saturated carbocycles. The van der Waals surface area contributed by atoms with Gasteiger partial charge in [0.2, 0.25) is 0 Å². The highest BCUT2D eigenvalue weighted by Crippen LogP contribution is 2.19. The molecule has 0 bridgehead atoms. The molecule has 2 aromatic heterocycles. The number of fused-ring (bicyclic) bond motifs is 1. The van der Waals surface area contributed by atoms with Crippen molar-refractivity contribution in [1.82, 2.24) is 19.9 Å². The number of rotatable bonds is 5. The lowest BCUT2D eigenvalue weighted by atomic mass is 10.1. The van der Waals surface area contributed by atoms with E-state index in [0.717, 1.165) is 33.0 Å². The van der Waals surface area contributed by atoms with E-state index in [2.05, 4.69) is 15.0 Å². The van der Waals surface area contributed by atoms with Crippen LogP contribution >= 0.6 is 11.3 Å². The molecule has 0 aliphatic carbocycles. The molecule has 0 aliphatic heterocycles. The van der Waals surface area contributed by atoms with Crippen LogP contribution in [0, 0.1) is 13.8 Å².